The van der Waals surface area contributed by atoms with Crippen LogP contribution in [0.5, 0.6) is 11.5 Å². The molecule has 4 nitrogen and oxygen atoms in total. The lowest BCUT2D eigenvalue weighted by molar-refractivity contribution is 0.0931. The van der Waals surface area contributed by atoms with Crippen LogP contribution in [0.15, 0.2) is 18.2 Å². The van der Waals surface area contributed by atoms with Crippen molar-refractivity contribution in [3.63, 3.8) is 0 Å². The molecule has 1 rings (SSSR count). The van der Waals surface area contributed by atoms with Gasteiger partial charge in [0, 0.05) is 17.5 Å². The number of rotatable bonds is 6. The zero-order valence-corrected chi connectivity index (χ0v) is 12.5. The normalized spacial score (nSPS) is 12.1. The highest BCUT2D eigenvalue weighted by atomic mass is 35.5. The fourth-order valence-corrected chi connectivity index (χ4v) is 2.05. The Labute approximate surface area is 119 Å². The Morgan fingerprint density at radius 1 is 1.26 bits per heavy atom. The zero-order valence-electron chi connectivity index (χ0n) is 11.7. The average molecular weight is 286 g/mol. The minimum Gasteiger partial charge on any atom is -0.493 e. The molecular formula is C14H20ClNO3. The van der Waals surface area contributed by atoms with Gasteiger partial charge in [-0.05, 0) is 24.1 Å². The number of halogens is 1. The molecule has 1 N–H and O–H groups in total. The molecule has 0 saturated carbocycles. The quantitative estimate of drug-likeness (QED) is 0.818. The van der Waals surface area contributed by atoms with Crippen molar-refractivity contribution in [1.29, 1.82) is 0 Å². The number of amides is 1. The van der Waals surface area contributed by atoms with Crippen LogP contribution in [0, 0.1) is 5.92 Å². The average Bonchev–Trinajstić information content (AvgIpc) is 2.43. The molecule has 0 fully saturated rings. The zero-order chi connectivity index (χ0) is 14.4. The first-order valence-corrected chi connectivity index (χ1v) is 6.65. The van der Waals surface area contributed by atoms with E-state index in [0.717, 1.165) is 0 Å². The van der Waals surface area contributed by atoms with E-state index in [2.05, 4.69) is 5.32 Å². The van der Waals surface area contributed by atoms with Gasteiger partial charge < -0.3 is 14.8 Å². The minimum absolute atomic E-state index is 0.0535. The molecule has 1 amide bonds. The highest BCUT2D eigenvalue weighted by molar-refractivity contribution is 6.18. The summed E-state index contributed by atoms with van der Waals surface area (Å²) in [5, 5.41) is 2.90. The molecule has 0 aromatic heterocycles. The molecule has 1 atom stereocenters. The second kappa shape index (κ2) is 7.24. The number of methoxy groups -OCH3 is 2. The maximum absolute atomic E-state index is 12.1. The van der Waals surface area contributed by atoms with Gasteiger partial charge in [-0.3, -0.25) is 4.79 Å². The monoisotopic (exact) mass is 285 g/mol. The van der Waals surface area contributed by atoms with Gasteiger partial charge in [-0.2, -0.15) is 0 Å². The minimum atomic E-state index is -0.166. The summed E-state index contributed by atoms with van der Waals surface area (Å²) in [7, 11) is 3.09. The van der Waals surface area contributed by atoms with Crippen LogP contribution in [0.3, 0.4) is 0 Å². The van der Waals surface area contributed by atoms with E-state index in [0.29, 0.717) is 22.9 Å². The molecule has 1 unspecified atom stereocenters. The lowest BCUT2D eigenvalue weighted by Crippen LogP contribution is -2.39. The predicted octanol–water partition coefficient (Wildman–Crippen LogP) is 2.70. The molecular weight excluding hydrogens is 266 g/mol. The van der Waals surface area contributed by atoms with Crippen LogP contribution in [0.4, 0.5) is 0 Å². The largest absolute Gasteiger partial charge is 0.493 e. The summed E-state index contributed by atoms with van der Waals surface area (Å²) >= 11 is 5.84. The number of hydrogen-bond donors (Lipinski definition) is 1. The Morgan fingerprint density at radius 3 is 2.37 bits per heavy atom. The van der Waals surface area contributed by atoms with Crippen LogP contribution >= 0.6 is 11.6 Å². The van der Waals surface area contributed by atoms with Gasteiger partial charge >= 0.3 is 0 Å². The summed E-state index contributed by atoms with van der Waals surface area (Å²) in [6, 6.07) is 5.00. The molecule has 5 heteroatoms. The van der Waals surface area contributed by atoms with Gasteiger partial charge in [-0.1, -0.05) is 13.8 Å². The maximum Gasteiger partial charge on any atom is 0.251 e. The molecule has 0 radical (unpaired) electrons. The van der Waals surface area contributed by atoms with E-state index in [4.69, 9.17) is 21.1 Å². The number of carbonyl (C=O) groups is 1. The third kappa shape index (κ3) is 4.03. The molecule has 0 aliphatic carbocycles. The first-order valence-electron chi connectivity index (χ1n) is 6.12. The van der Waals surface area contributed by atoms with Gasteiger partial charge in [0.2, 0.25) is 0 Å². The Balaban J connectivity index is 2.88. The first-order chi connectivity index (χ1) is 9.03. The highest BCUT2D eigenvalue weighted by Crippen LogP contribution is 2.27. The van der Waals surface area contributed by atoms with Gasteiger partial charge in [0.15, 0.2) is 11.5 Å². The summed E-state index contributed by atoms with van der Waals surface area (Å²) in [5.74, 6) is 1.62. The molecule has 1 aromatic carbocycles. The summed E-state index contributed by atoms with van der Waals surface area (Å²) in [4.78, 5) is 12.1. The molecule has 0 heterocycles. The van der Waals surface area contributed by atoms with E-state index in [9.17, 15) is 4.79 Å². The van der Waals surface area contributed by atoms with E-state index < -0.39 is 0 Å². The van der Waals surface area contributed by atoms with Crippen LogP contribution in [0.1, 0.15) is 24.2 Å². The molecule has 106 valence electrons. The lowest BCUT2D eigenvalue weighted by Gasteiger charge is -2.20. The van der Waals surface area contributed by atoms with Crippen molar-refractivity contribution >= 4 is 17.5 Å². The number of ether oxygens (including phenoxy) is 2. The third-order valence-electron chi connectivity index (χ3n) is 2.93. The number of benzene rings is 1. The van der Waals surface area contributed by atoms with Crippen molar-refractivity contribution < 1.29 is 14.3 Å². The van der Waals surface area contributed by atoms with E-state index in [1.54, 1.807) is 25.3 Å². The molecule has 19 heavy (non-hydrogen) atoms. The number of carbonyl (C=O) groups excluding carboxylic acids is 1. The number of alkyl halides is 1. The fraction of sp³-hybridized carbons (Fsp3) is 0.500. The van der Waals surface area contributed by atoms with Gasteiger partial charge in [0.1, 0.15) is 0 Å². The fourth-order valence-electron chi connectivity index (χ4n) is 1.61. The predicted molar refractivity (Wildman–Crippen MR) is 76.4 cm³/mol. The van der Waals surface area contributed by atoms with Crippen LogP contribution in [-0.2, 0) is 0 Å². The molecule has 0 bridgehead atoms. The van der Waals surface area contributed by atoms with Crippen molar-refractivity contribution in [2.45, 2.75) is 19.9 Å². The van der Waals surface area contributed by atoms with Gasteiger partial charge in [-0.15, -0.1) is 11.6 Å². The number of hydrogen-bond acceptors (Lipinski definition) is 3. The standard InChI is InChI=1S/C14H20ClNO3/c1-9(2)11(8-15)16-14(17)10-5-6-12(18-3)13(7-10)19-4/h5-7,9,11H,8H2,1-4H3,(H,16,17). The van der Waals surface area contributed by atoms with Gasteiger partial charge in [0.25, 0.3) is 5.91 Å². The second-order valence-corrected chi connectivity index (χ2v) is 4.86. The van der Waals surface area contributed by atoms with E-state index in [1.807, 2.05) is 13.8 Å². The summed E-state index contributed by atoms with van der Waals surface area (Å²) < 4.78 is 10.3. The Bertz CT molecular complexity index is 435. The Kier molecular flexibility index (Phi) is 5.96. The maximum atomic E-state index is 12.1. The SMILES string of the molecule is COc1ccc(C(=O)NC(CCl)C(C)C)cc1OC. The Hall–Kier alpha value is -1.42. The first kappa shape index (κ1) is 15.6. The van der Waals surface area contributed by atoms with Crippen LogP contribution in [0.25, 0.3) is 0 Å². The lowest BCUT2D eigenvalue weighted by atomic mass is 10.1. The molecule has 0 aliphatic heterocycles. The van der Waals surface area contributed by atoms with Crippen LogP contribution < -0.4 is 14.8 Å². The van der Waals surface area contributed by atoms with Crippen molar-refractivity contribution in [2.75, 3.05) is 20.1 Å². The topological polar surface area (TPSA) is 47.6 Å². The third-order valence-corrected chi connectivity index (χ3v) is 3.27. The molecule has 0 saturated heterocycles. The van der Waals surface area contributed by atoms with Crippen LogP contribution in [-0.4, -0.2) is 32.0 Å². The smallest absolute Gasteiger partial charge is 0.251 e. The molecule has 0 aliphatic rings. The van der Waals surface area contributed by atoms with Crippen molar-refractivity contribution in [1.82, 2.24) is 5.32 Å². The number of nitrogens with one attached hydrogen (secondary N) is 1. The summed E-state index contributed by atoms with van der Waals surface area (Å²) in [5.41, 5.74) is 0.522. The second-order valence-electron chi connectivity index (χ2n) is 4.55. The Morgan fingerprint density at radius 2 is 1.89 bits per heavy atom. The van der Waals surface area contributed by atoms with Crippen molar-refractivity contribution in [3.05, 3.63) is 23.8 Å². The summed E-state index contributed by atoms with van der Waals surface area (Å²) in [6.45, 7) is 4.03. The van der Waals surface area contributed by atoms with E-state index in [1.165, 1.54) is 7.11 Å². The van der Waals surface area contributed by atoms with Crippen LogP contribution in [0.2, 0.25) is 0 Å². The van der Waals surface area contributed by atoms with Gasteiger partial charge in [-0.25, -0.2) is 0 Å². The van der Waals surface area contributed by atoms with E-state index >= 15 is 0 Å². The van der Waals surface area contributed by atoms with Crippen molar-refractivity contribution in [2.24, 2.45) is 5.92 Å². The summed E-state index contributed by atoms with van der Waals surface area (Å²) in [6.07, 6.45) is 0. The molecule has 0 spiro atoms. The molecule has 1 aromatic rings. The van der Waals surface area contributed by atoms with E-state index in [-0.39, 0.29) is 17.9 Å². The van der Waals surface area contributed by atoms with Crippen molar-refractivity contribution in [3.8, 4) is 11.5 Å². The highest BCUT2D eigenvalue weighted by Gasteiger charge is 2.17. The van der Waals surface area contributed by atoms with Gasteiger partial charge in [0.05, 0.1) is 14.2 Å².